The maximum absolute atomic E-state index is 12.0. The molecule has 0 spiro atoms. The predicted molar refractivity (Wildman–Crippen MR) is 95.9 cm³/mol. The second-order valence-electron chi connectivity index (χ2n) is 6.37. The summed E-state index contributed by atoms with van der Waals surface area (Å²) >= 11 is 5.95. The van der Waals surface area contributed by atoms with Crippen molar-refractivity contribution in [2.75, 3.05) is 0 Å². The van der Waals surface area contributed by atoms with Gasteiger partial charge in [-0.15, -0.1) is 0 Å². The Labute approximate surface area is 156 Å². The number of aromatic nitrogens is 1. The Hall–Kier alpha value is -2.49. The standard InChI is InChI=1S/C19H19ClN2O4/c1-13-17(12-21-26-13)25-18(23)22-16-6-3-8-19(24,11-16)9-7-14-4-2-5-15(20)10-14/h2,4-5,10,12,16,24H,3,6,8,11H2,1H3,(H,22,23)/t16-,19+/m0/s1. The number of aliphatic hydroxyl groups is 1. The van der Waals surface area contributed by atoms with Crippen molar-refractivity contribution >= 4 is 17.7 Å². The average Bonchev–Trinajstić information content (AvgIpc) is 2.98. The van der Waals surface area contributed by atoms with Gasteiger partial charge in [-0.25, -0.2) is 4.79 Å². The van der Waals surface area contributed by atoms with Crippen LogP contribution in [0.15, 0.2) is 35.0 Å². The highest BCUT2D eigenvalue weighted by molar-refractivity contribution is 6.30. The molecule has 1 aliphatic carbocycles. The number of benzene rings is 1. The highest BCUT2D eigenvalue weighted by atomic mass is 35.5. The first-order valence-corrected chi connectivity index (χ1v) is 8.72. The smallest absolute Gasteiger partial charge is 0.405 e. The number of carbonyl (C=O) groups excluding carboxylic acids is 1. The van der Waals surface area contributed by atoms with Gasteiger partial charge in [0, 0.05) is 30.0 Å². The van der Waals surface area contributed by atoms with Crippen LogP contribution in [0.2, 0.25) is 5.02 Å². The second kappa shape index (κ2) is 7.81. The monoisotopic (exact) mass is 374 g/mol. The molecule has 6 nitrogen and oxygen atoms in total. The molecule has 0 saturated heterocycles. The van der Waals surface area contributed by atoms with Crippen LogP contribution in [0.25, 0.3) is 0 Å². The Balaban J connectivity index is 1.61. The van der Waals surface area contributed by atoms with Gasteiger partial charge in [-0.1, -0.05) is 34.7 Å². The number of ether oxygens (including phenoxy) is 1. The lowest BCUT2D eigenvalue weighted by atomic mass is 9.82. The van der Waals surface area contributed by atoms with E-state index in [1.807, 2.05) is 12.1 Å². The number of rotatable bonds is 2. The summed E-state index contributed by atoms with van der Waals surface area (Å²) in [6, 6.07) is 6.93. The molecule has 136 valence electrons. The minimum atomic E-state index is -1.16. The molecular weight excluding hydrogens is 356 g/mol. The first kappa shape index (κ1) is 18.3. The normalized spacial score (nSPS) is 22.2. The van der Waals surface area contributed by atoms with Crippen molar-refractivity contribution in [2.24, 2.45) is 0 Å². The van der Waals surface area contributed by atoms with Crippen LogP contribution in [0.1, 0.15) is 37.0 Å². The number of hydrogen-bond donors (Lipinski definition) is 2. The first-order chi connectivity index (χ1) is 12.4. The van der Waals surface area contributed by atoms with Crippen LogP contribution >= 0.6 is 11.6 Å². The fourth-order valence-corrected chi connectivity index (χ4v) is 3.12. The van der Waals surface area contributed by atoms with Gasteiger partial charge in [-0.3, -0.25) is 0 Å². The molecule has 26 heavy (non-hydrogen) atoms. The summed E-state index contributed by atoms with van der Waals surface area (Å²) in [7, 11) is 0. The van der Waals surface area contributed by atoms with E-state index in [-0.39, 0.29) is 11.8 Å². The fourth-order valence-electron chi connectivity index (χ4n) is 2.93. The SMILES string of the molecule is Cc1oncc1OC(=O)N[C@H]1CCC[C@@](O)(C#Cc2cccc(Cl)c2)C1. The predicted octanol–water partition coefficient (Wildman–Crippen LogP) is 3.45. The molecule has 1 fully saturated rings. The quantitative estimate of drug-likeness (QED) is 0.786. The van der Waals surface area contributed by atoms with E-state index in [2.05, 4.69) is 22.3 Å². The summed E-state index contributed by atoms with van der Waals surface area (Å²) in [5.74, 6) is 6.59. The zero-order chi connectivity index (χ0) is 18.6. The lowest BCUT2D eigenvalue weighted by Crippen LogP contribution is -2.46. The largest absolute Gasteiger partial charge is 0.413 e. The molecule has 2 aromatic rings. The number of nitrogens with zero attached hydrogens (tertiary/aromatic N) is 1. The minimum Gasteiger partial charge on any atom is -0.405 e. The summed E-state index contributed by atoms with van der Waals surface area (Å²) in [5.41, 5.74) is -0.422. The molecule has 1 aromatic heterocycles. The van der Waals surface area contributed by atoms with E-state index in [4.69, 9.17) is 20.9 Å². The van der Waals surface area contributed by atoms with Crippen molar-refractivity contribution < 1.29 is 19.2 Å². The van der Waals surface area contributed by atoms with Crippen LogP contribution < -0.4 is 10.1 Å². The summed E-state index contributed by atoms with van der Waals surface area (Å²) < 4.78 is 10.0. The lowest BCUT2D eigenvalue weighted by molar-refractivity contribution is 0.0473. The zero-order valence-electron chi connectivity index (χ0n) is 14.3. The molecule has 1 heterocycles. The van der Waals surface area contributed by atoms with Gasteiger partial charge in [0.05, 0.1) is 0 Å². The number of halogens is 1. The van der Waals surface area contributed by atoms with E-state index in [1.165, 1.54) is 6.20 Å². The van der Waals surface area contributed by atoms with Crippen LogP contribution in [0, 0.1) is 18.8 Å². The molecule has 0 radical (unpaired) electrons. The third-order valence-electron chi connectivity index (χ3n) is 4.22. The van der Waals surface area contributed by atoms with Crippen molar-refractivity contribution in [1.82, 2.24) is 10.5 Å². The van der Waals surface area contributed by atoms with E-state index < -0.39 is 11.7 Å². The zero-order valence-corrected chi connectivity index (χ0v) is 15.0. The highest BCUT2D eigenvalue weighted by Crippen LogP contribution is 2.28. The van der Waals surface area contributed by atoms with Gasteiger partial charge >= 0.3 is 6.09 Å². The summed E-state index contributed by atoms with van der Waals surface area (Å²) in [5, 5.41) is 17.7. The van der Waals surface area contributed by atoms with E-state index in [0.717, 1.165) is 18.4 Å². The van der Waals surface area contributed by atoms with Crippen LogP contribution in [0.5, 0.6) is 5.75 Å². The van der Waals surface area contributed by atoms with Crippen molar-refractivity contribution in [2.45, 2.75) is 44.2 Å². The molecule has 3 rings (SSSR count). The molecule has 2 atom stereocenters. The summed E-state index contributed by atoms with van der Waals surface area (Å²) in [4.78, 5) is 12.0. The fraction of sp³-hybridized carbons (Fsp3) is 0.368. The van der Waals surface area contributed by atoms with Crippen LogP contribution in [-0.2, 0) is 0 Å². The minimum absolute atomic E-state index is 0.227. The van der Waals surface area contributed by atoms with Gasteiger partial charge in [0.1, 0.15) is 11.8 Å². The Morgan fingerprint density at radius 3 is 3.12 bits per heavy atom. The summed E-state index contributed by atoms with van der Waals surface area (Å²) in [6.07, 6.45) is 3.12. The van der Waals surface area contributed by atoms with Gasteiger partial charge < -0.3 is 19.7 Å². The second-order valence-corrected chi connectivity index (χ2v) is 6.80. The van der Waals surface area contributed by atoms with Crippen LogP contribution in [0.3, 0.4) is 0 Å². The average molecular weight is 375 g/mol. The van der Waals surface area contributed by atoms with Gasteiger partial charge in [0.15, 0.2) is 11.5 Å². The maximum atomic E-state index is 12.0. The Morgan fingerprint density at radius 2 is 2.38 bits per heavy atom. The number of amides is 1. The third-order valence-corrected chi connectivity index (χ3v) is 4.46. The van der Waals surface area contributed by atoms with E-state index >= 15 is 0 Å². The van der Waals surface area contributed by atoms with Crippen LogP contribution in [-0.4, -0.2) is 28.0 Å². The summed E-state index contributed by atoms with van der Waals surface area (Å²) in [6.45, 7) is 1.65. The third kappa shape index (κ3) is 4.78. The van der Waals surface area contributed by atoms with Gasteiger partial charge in [0.2, 0.25) is 0 Å². The number of nitrogens with one attached hydrogen (secondary N) is 1. The van der Waals surface area contributed by atoms with Crippen molar-refractivity contribution in [3.05, 3.63) is 46.8 Å². The van der Waals surface area contributed by atoms with Gasteiger partial charge in [-0.05, 0) is 37.5 Å². The molecule has 0 unspecified atom stereocenters. The molecule has 1 amide bonds. The number of aryl methyl sites for hydroxylation is 1. The molecule has 7 heteroatoms. The molecule has 1 aliphatic rings. The van der Waals surface area contributed by atoms with E-state index in [0.29, 0.717) is 23.6 Å². The van der Waals surface area contributed by atoms with Gasteiger partial charge in [0.25, 0.3) is 0 Å². The van der Waals surface area contributed by atoms with Crippen molar-refractivity contribution in [1.29, 1.82) is 0 Å². The highest BCUT2D eigenvalue weighted by Gasteiger charge is 2.34. The van der Waals surface area contributed by atoms with Gasteiger partial charge in [-0.2, -0.15) is 0 Å². The molecule has 1 aromatic carbocycles. The molecule has 2 N–H and O–H groups in total. The molecule has 0 aliphatic heterocycles. The Morgan fingerprint density at radius 1 is 1.54 bits per heavy atom. The first-order valence-electron chi connectivity index (χ1n) is 8.34. The van der Waals surface area contributed by atoms with E-state index in [9.17, 15) is 9.90 Å². The Bertz CT molecular complexity index is 854. The lowest BCUT2D eigenvalue weighted by Gasteiger charge is -2.33. The van der Waals surface area contributed by atoms with E-state index in [1.54, 1.807) is 19.1 Å². The number of hydrogen-bond acceptors (Lipinski definition) is 5. The topological polar surface area (TPSA) is 84.6 Å². The Kier molecular flexibility index (Phi) is 5.50. The molecular formula is C19H19ClN2O4. The van der Waals surface area contributed by atoms with Crippen molar-refractivity contribution in [3.63, 3.8) is 0 Å². The molecule has 1 saturated carbocycles. The van der Waals surface area contributed by atoms with Crippen LogP contribution in [0.4, 0.5) is 4.79 Å². The number of carbonyl (C=O) groups is 1. The molecule has 0 bridgehead atoms. The van der Waals surface area contributed by atoms with Crippen molar-refractivity contribution in [3.8, 4) is 17.6 Å². The maximum Gasteiger partial charge on any atom is 0.413 e.